The first-order valence-electron chi connectivity index (χ1n) is 6.37. The predicted molar refractivity (Wildman–Crippen MR) is 64.7 cm³/mol. The third-order valence-electron chi connectivity index (χ3n) is 3.11. The lowest BCUT2D eigenvalue weighted by atomic mass is 10.0. The van der Waals surface area contributed by atoms with Gasteiger partial charge in [-0.15, -0.1) is 0 Å². The first-order valence-corrected chi connectivity index (χ1v) is 6.37. The average Bonchev–Trinajstić information content (AvgIpc) is 2.36. The summed E-state index contributed by atoms with van der Waals surface area (Å²) in [5, 5.41) is 0. The van der Waals surface area contributed by atoms with Crippen LogP contribution in [0.25, 0.3) is 0 Å². The lowest BCUT2D eigenvalue weighted by molar-refractivity contribution is -0.176. The van der Waals surface area contributed by atoms with Gasteiger partial charge in [-0.1, -0.05) is 30.3 Å². The van der Waals surface area contributed by atoms with Gasteiger partial charge in [0.1, 0.15) is 0 Å². The van der Waals surface area contributed by atoms with Crippen LogP contribution in [0, 0.1) is 0 Å². The molecule has 2 atom stereocenters. The van der Waals surface area contributed by atoms with Crippen LogP contribution in [-0.2, 0) is 16.1 Å². The van der Waals surface area contributed by atoms with Gasteiger partial charge in [0, 0.05) is 13.0 Å². The van der Waals surface area contributed by atoms with Crippen molar-refractivity contribution >= 4 is 0 Å². The Morgan fingerprint density at radius 1 is 1.21 bits per heavy atom. The molecule has 0 saturated carbocycles. The molecule has 19 heavy (non-hydrogen) atoms. The smallest absolute Gasteiger partial charge is 0.378 e. The molecule has 0 N–H and O–H groups in total. The van der Waals surface area contributed by atoms with Gasteiger partial charge in [0.05, 0.1) is 25.2 Å². The summed E-state index contributed by atoms with van der Waals surface area (Å²) in [5.41, 5.74) is 1.03. The molecular weight excluding hydrogens is 257 g/mol. The van der Waals surface area contributed by atoms with E-state index in [0.29, 0.717) is 26.1 Å². The molecule has 5 heteroatoms. The molecule has 1 aromatic carbocycles. The summed E-state index contributed by atoms with van der Waals surface area (Å²) in [6, 6.07) is 9.61. The van der Waals surface area contributed by atoms with Gasteiger partial charge in [-0.25, -0.2) is 0 Å². The second kappa shape index (κ2) is 6.39. The summed E-state index contributed by atoms with van der Waals surface area (Å²) >= 11 is 0. The number of rotatable bonds is 4. The second-order valence-corrected chi connectivity index (χ2v) is 4.76. The minimum Gasteiger partial charge on any atom is -0.378 e. The number of ether oxygens (including phenoxy) is 2. The topological polar surface area (TPSA) is 18.5 Å². The summed E-state index contributed by atoms with van der Waals surface area (Å²) in [4.78, 5) is 0. The molecule has 106 valence electrons. The molecule has 0 radical (unpaired) electrons. The van der Waals surface area contributed by atoms with E-state index in [0.717, 1.165) is 5.56 Å². The second-order valence-electron chi connectivity index (χ2n) is 4.76. The predicted octanol–water partition coefficient (Wildman–Crippen LogP) is 3.70. The Hall–Kier alpha value is -1.07. The van der Waals surface area contributed by atoms with Crippen molar-refractivity contribution in [1.82, 2.24) is 0 Å². The Labute approximate surface area is 110 Å². The molecule has 2 unspecified atom stereocenters. The number of benzene rings is 1. The number of hydrogen-bond donors (Lipinski definition) is 0. The molecule has 1 heterocycles. The first kappa shape index (κ1) is 14.3. The van der Waals surface area contributed by atoms with Crippen molar-refractivity contribution < 1.29 is 22.6 Å². The zero-order valence-corrected chi connectivity index (χ0v) is 10.5. The maximum Gasteiger partial charge on any atom is 0.391 e. The number of halogens is 3. The Bertz CT molecular complexity index is 378. The van der Waals surface area contributed by atoms with E-state index in [1.807, 2.05) is 30.3 Å². The van der Waals surface area contributed by atoms with Gasteiger partial charge in [-0.2, -0.15) is 13.2 Å². The summed E-state index contributed by atoms with van der Waals surface area (Å²) in [6.45, 7) is 0.768. The van der Waals surface area contributed by atoms with Gasteiger partial charge in [0.25, 0.3) is 0 Å². The maximum atomic E-state index is 12.3. The van der Waals surface area contributed by atoms with Crippen LogP contribution in [0.5, 0.6) is 0 Å². The maximum absolute atomic E-state index is 12.3. The van der Waals surface area contributed by atoms with Crippen LogP contribution in [0.1, 0.15) is 24.8 Å². The SMILES string of the molecule is FC(F)(F)CC1CC(OCc2ccccc2)CCO1. The molecule has 0 aromatic heterocycles. The van der Waals surface area contributed by atoms with Crippen molar-refractivity contribution in [3.05, 3.63) is 35.9 Å². The lowest BCUT2D eigenvalue weighted by Crippen LogP contribution is -2.34. The third kappa shape index (κ3) is 5.20. The highest BCUT2D eigenvalue weighted by Gasteiger charge is 2.35. The molecule has 0 amide bonds. The molecule has 1 saturated heterocycles. The fourth-order valence-electron chi connectivity index (χ4n) is 2.19. The highest BCUT2D eigenvalue weighted by molar-refractivity contribution is 5.13. The molecule has 0 bridgehead atoms. The van der Waals surface area contributed by atoms with Crippen molar-refractivity contribution in [3.8, 4) is 0 Å². The Morgan fingerprint density at radius 2 is 1.95 bits per heavy atom. The zero-order valence-electron chi connectivity index (χ0n) is 10.5. The molecule has 1 aromatic rings. The van der Waals surface area contributed by atoms with E-state index in [4.69, 9.17) is 9.47 Å². The Morgan fingerprint density at radius 3 is 2.63 bits per heavy atom. The normalized spacial score (nSPS) is 24.4. The lowest BCUT2D eigenvalue weighted by Gasteiger charge is -2.30. The third-order valence-corrected chi connectivity index (χ3v) is 3.11. The Balaban J connectivity index is 1.78. The van der Waals surface area contributed by atoms with E-state index in [1.54, 1.807) is 0 Å². The highest BCUT2D eigenvalue weighted by Crippen LogP contribution is 2.28. The summed E-state index contributed by atoms with van der Waals surface area (Å²) in [7, 11) is 0. The van der Waals surface area contributed by atoms with Crippen molar-refractivity contribution in [3.63, 3.8) is 0 Å². The van der Waals surface area contributed by atoms with Crippen molar-refractivity contribution in [2.75, 3.05) is 6.61 Å². The number of hydrogen-bond acceptors (Lipinski definition) is 2. The average molecular weight is 274 g/mol. The van der Waals surface area contributed by atoms with Crippen LogP contribution in [0.3, 0.4) is 0 Å². The van der Waals surface area contributed by atoms with Gasteiger partial charge >= 0.3 is 6.18 Å². The Kier molecular flexibility index (Phi) is 4.82. The number of alkyl halides is 3. The fourth-order valence-corrected chi connectivity index (χ4v) is 2.19. The van der Waals surface area contributed by atoms with E-state index in [2.05, 4.69) is 0 Å². The van der Waals surface area contributed by atoms with E-state index >= 15 is 0 Å². The fraction of sp³-hybridized carbons (Fsp3) is 0.571. The molecule has 1 aliphatic heterocycles. The van der Waals surface area contributed by atoms with E-state index in [-0.39, 0.29) is 6.10 Å². The minimum atomic E-state index is -4.17. The molecule has 0 spiro atoms. The zero-order chi connectivity index (χ0) is 13.7. The van der Waals surface area contributed by atoms with Gasteiger partial charge in [-0.3, -0.25) is 0 Å². The van der Waals surface area contributed by atoms with Crippen LogP contribution in [-0.4, -0.2) is 25.0 Å². The molecule has 2 rings (SSSR count). The molecule has 2 nitrogen and oxygen atoms in total. The van der Waals surface area contributed by atoms with Crippen LogP contribution < -0.4 is 0 Å². The summed E-state index contributed by atoms with van der Waals surface area (Å²) < 4.78 is 47.7. The van der Waals surface area contributed by atoms with Crippen molar-refractivity contribution in [2.45, 2.75) is 44.3 Å². The monoisotopic (exact) mass is 274 g/mol. The molecular formula is C14H17F3O2. The van der Waals surface area contributed by atoms with Gasteiger partial charge in [-0.05, 0) is 12.0 Å². The van der Waals surface area contributed by atoms with Crippen LogP contribution >= 0.6 is 0 Å². The first-order chi connectivity index (χ1) is 9.03. The molecule has 1 fully saturated rings. The van der Waals surface area contributed by atoms with Crippen molar-refractivity contribution in [1.29, 1.82) is 0 Å². The van der Waals surface area contributed by atoms with E-state index in [1.165, 1.54) is 0 Å². The molecule has 1 aliphatic rings. The summed E-state index contributed by atoms with van der Waals surface area (Å²) in [6.07, 6.45) is -5.02. The van der Waals surface area contributed by atoms with Gasteiger partial charge in [0.15, 0.2) is 0 Å². The van der Waals surface area contributed by atoms with Crippen LogP contribution in [0.4, 0.5) is 13.2 Å². The van der Waals surface area contributed by atoms with Gasteiger partial charge < -0.3 is 9.47 Å². The highest BCUT2D eigenvalue weighted by atomic mass is 19.4. The quantitative estimate of drug-likeness (QED) is 0.833. The van der Waals surface area contributed by atoms with Crippen molar-refractivity contribution in [2.24, 2.45) is 0 Å². The summed E-state index contributed by atoms with van der Waals surface area (Å²) in [5.74, 6) is 0. The minimum absolute atomic E-state index is 0.152. The van der Waals surface area contributed by atoms with Crippen LogP contribution in [0.15, 0.2) is 30.3 Å². The standard InChI is InChI=1S/C14H17F3O2/c15-14(16,17)9-13-8-12(6-7-18-13)19-10-11-4-2-1-3-5-11/h1-5,12-13H,6-10H2. The van der Waals surface area contributed by atoms with E-state index in [9.17, 15) is 13.2 Å². The van der Waals surface area contributed by atoms with Gasteiger partial charge in [0.2, 0.25) is 0 Å². The molecule has 0 aliphatic carbocycles. The van der Waals surface area contributed by atoms with E-state index < -0.39 is 18.7 Å². The van der Waals surface area contributed by atoms with Crippen LogP contribution in [0.2, 0.25) is 0 Å². The largest absolute Gasteiger partial charge is 0.391 e.